The summed E-state index contributed by atoms with van der Waals surface area (Å²) in [5, 5.41) is 6.72. The highest BCUT2D eigenvalue weighted by Gasteiger charge is 2.14. The normalized spacial score (nSPS) is 10.5. The van der Waals surface area contributed by atoms with E-state index >= 15 is 0 Å². The molecular formula is C22H24N4O4. The third kappa shape index (κ3) is 5.91. The van der Waals surface area contributed by atoms with Crippen molar-refractivity contribution < 1.29 is 18.8 Å². The second-order valence-electron chi connectivity index (χ2n) is 6.76. The van der Waals surface area contributed by atoms with Gasteiger partial charge < -0.3 is 19.5 Å². The Bertz CT molecular complexity index is 988. The van der Waals surface area contributed by atoms with Crippen LogP contribution in [0.15, 0.2) is 59.1 Å². The number of aromatic nitrogens is 2. The van der Waals surface area contributed by atoms with E-state index in [1.54, 1.807) is 38.4 Å². The molecule has 3 aromatic rings. The van der Waals surface area contributed by atoms with Crippen molar-refractivity contribution in [2.24, 2.45) is 0 Å². The van der Waals surface area contributed by atoms with Crippen LogP contribution < -0.4 is 10.1 Å². The third-order valence-corrected chi connectivity index (χ3v) is 4.44. The van der Waals surface area contributed by atoms with E-state index in [2.05, 4.69) is 15.5 Å². The smallest absolute Gasteiger partial charge is 0.243 e. The van der Waals surface area contributed by atoms with E-state index < -0.39 is 0 Å². The topological polar surface area (TPSA) is 97.6 Å². The van der Waals surface area contributed by atoms with Gasteiger partial charge in [-0.2, -0.15) is 4.98 Å². The zero-order chi connectivity index (χ0) is 21.3. The van der Waals surface area contributed by atoms with Crippen molar-refractivity contribution in [1.82, 2.24) is 15.0 Å². The van der Waals surface area contributed by atoms with Gasteiger partial charge in [0.2, 0.25) is 23.5 Å². The number of benzene rings is 2. The molecule has 0 aliphatic rings. The van der Waals surface area contributed by atoms with Crippen LogP contribution in [0.3, 0.4) is 0 Å². The largest absolute Gasteiger partial charge is 0.497 e. The molecule has 0 fully saturated rings. The van der Waals surface area contributed by atoms with Crippen LogP contribution in [0.2, 0.25) is 0 Å². The fourth-order valence-corrected chi connectivity index (χ4v) is 2.85. The van der Waals surface area contributed by atoms with E-state index in [1.165, 1.54) is 4.90 Å². The molecule has 1 heterocycles. The molecule has 1 aromatic heterocycles. The maximum Gasteiger partial charge on any atom is 0.243 e. The summed E-state index contributed by atoms with van der Waals surface area (Å²) in [5.41, 5.74) is 1.50. The highest BCUT2D eigenvalue weighted by atomic mass is 16.5. The summed E-state index contributed by atoms with van der Waals surface area (Å²) in [7, 11) is 3.16. The number of methoxy groups -OCH3 is 1. The van der Waals surface area contributed by atoms with E-state index in [4.69, 9.17) is 9.26 Å². The minimum Gasteiger partial charge on any atom is -0.497 e. The predicted molar refractivity (Wildman–Crippen MR) is 112 cm³/mol. The summed E-state index contributed by atoms with van der Waals surface area (Å²) in [6.07, 6.45) is 1.33. The molecule has 0 bridgehead atoms. The van der Waals surface area contributed by atoms with Gasteiger partial charge >= 0.3 is 0 Å². The number of ether oxygens (including phenoxy) is 1. The molecule has 0 saturated carbocycles. The van der Waals surface area contributed by atoms with Crippen LogP contribution in [-0.4, -0.2) is 47.6 Å². The van der Waals surface area contributed by atoms with Crippen molar-refractivity contribution in [3.63, 3.8) is 0 Å². The number of anilines is 1. The van der Waals surface area contributed by atoms with E-state index in [0.717, 1.165) is 5.56 Å². The van der Waals surface area contributed by atoms with Crippen molar-refractivity contribution in [2.45, 2.75) is 19.3 Å². The molecule has 0 radical (unpaired) electrons. The maximum absolute atomic E-state index is 12.3. The molecule has 0 atom stereocenters. The summed E-state index contributed by atoms with van der Waals surface area (Å²) in [6.45, 7) is -0.0330. The molecule has 0 aliphatic carbocycles. The number of aryl methyl sites for hydroxylation is 1. The zero-order valence-corrected chi connectivity index (χ0v) is 17.0. The molecule has 0 aliphatic heterocycles. The van der Waals surface area contributed by atoms with E-state index in [9.17, 15) is 9.59 Å². The lowest BCUT2D eigenvalue weighted by Crippen LogP contribution is -2.34. The van der Waals surface area contributed by atoms with Gasteiger partial charge in [-0.15, -0.1) is 0 Å². The van der Waals surface area contributed by atoms with E-state index in [-0.39, 0.29) is 24.8 Å². The molecule has 3 rings (SSSR count). The van der Waals surface area contributed by atoms with Crippen molar-refractivity contribution in [3.05, 3.63) is 60.5 Å². The van der Waals surface area contributed by atoms with Gasteiger partial charge in [0.1, 0.15) is 5.75 Å². The Morgan fingerprint density at radius 1 is 1.13 bits per heavy atom. The summed E-state index contributed by atoms with van der Waals surface area (Å²) in [4.78, 5) is 30.2. The number of nitrogens with zero attached hydrogens (tertiary/aromatic N) is 3. The molecule has 156 valence electrons. The number of carbonyl (C=O) groups is 2. The lowest BCUT2D eigenvalue weighted by atomic mass is 10.2. The van der Waals surface area contributed by atoms with Gasteiger partial charge in [-0.05, 0) is 18.6 Å². The fourth-order valence-electron chi connectivity index (χ4n) is 2.85. The minimum absolute atomic E-state index is 0.0330. The number of nitrogens with one attached hydrogen (secondary N) is 1. The van der Waals surface area contributed by atoms with Gasteiger partial charge in [-0.1, -0.05) is 41.6 Å². The first kappa shape index (κ1) is 21.0. The number of hydrogen-bond acceptors (Lipinski definition) is 6. The van der Waals surface area contributed by atoms with Crippen LogP contribution in [-0.2, 0) is 16.0 Å². The quantitative estimate of drug-likeness (QED) is 0.584. The van der Waals surface area contributed by atoms with Gasteiger partial charge in [0.25, 0.3) is 0 Å². The lowest BCUT2D eigenvalue weighted by Gasteiger charge is -2.16. The molecule has 0 spiro atoms. The van der Waals surface area contributed by atoms with Crippen LogP contribution in [0.4, 0.5) is 5.69 Å². The van der Waals surface area contributed by atoms with Crippen LogP contribution in [0, 0.1) is 0 Å². The Balaban J connectivity index is 1.42. The Kier molecular flexibility index (Phi) is 7.15. The Labute approximate surface area is 174 Å². The van der Waals surface area contributed by atoms with Crippen LogP contribution in [0.5, 0.6) is 5.75 Å². The maximum atomic E-state index is 12.3. The molecule has 8 heteroatoms. The van der Waals surface area contributed by atoms with Crippen molar-refractivity contribution in [2.75, 3.05) is 26.0 Å². The van der Waals surface area contributed by atoms with E-state index in [0.29, 0.717) is 36.0 Å². The average Bonchev–Trinajstić information content (AvgIpc) is 3.23. The SMILES string of the molecule is COc1cccc(NC(=O)CN(C)C(=O)CCCc2nc(-c3ccccc3)no2)c1. The minimum atomic E-state index is -0.275. The Morgan fingerprint density at radius 2 is 1.93 bits per heavy atom. The molecule has 0 unspecified atom stereocenters. The van der Waals surface area contributed by atoms with E-state index in [1.807, 2.05) is 30.3 Å². The molecule has 0 saturated heterocycles. The van der Waals surface area contributed by atoms with Gasteiger partial charge in [-0.25, -0.2) is 0 Å². The zero-order valence-electron chi connectivity index (χ0n) is 17.0. The highest BCUT2D eigenvalue weighted by molar-refractivity contribution is 5.94. The van der Waals surface area contributed by atoms with Gasteiger partial charge in [0, 0.05) is 37.2 Å². The Morgan fingerprint density at radius 3 is 2.70 bits per heavy atom. The standard InChI is InChI=1S/C22H24N4O4/c1-26(15-19(27)23-17-10-6-11-18(14-17)29-2)21(28)13-7-12-20-24-22(25-30-20)16-8-4-3-5-9-16/h3-6,8-11,14H,7,12-13,15H2,1-2H3,(H,23,27). The number of hydrogen-bond donors (Lipinski definition) is 1. The first-order chi connectivity index (χ1) is 14.5. The summed E-state index contributed by atoms with van der Waals surface area (Å²) in [5.74, 6) is 1.26. The molecule has 2 aromatic carbocycles. The van der Waals surface area contributed by atoms with Crippen molar-refractivity contribution in [3.8, 4) is 17.1 Å². The molecular weight excluding hydrogens is 384 g/mol. The number of carbonyl (C=O) groups excluding carboxylic acids is 2. The second kappa shape index (κ2) is 10.2. The molecule has 1 N–H and O–H groups in total. The van der Waals surface area contributed by atoms with Crippen molar-refractivity contribution in [1.29, 1.82) is 0 Å². The molecule has 8 nitrogen and oxygen atoms in total. The second-order valence-corrected chi connectivity index (χ2v) is 6.76. The monoisotopic (exact) mass is 408 g/mol. The number of likely N-dealkylation sites (N-methyl/N-ethyl adjacent to an activating group) is 1. The number of rotatable bonds is 9. The molecule has 30 heavy (non-hydrogen) atoms. The van der Waals surface area contributed by atoms with Crippen LogP contribution in [0.1, 0.15) is 18.7 Å². The lowest BCUT2D eigenvalue weighted by molar-refractivity contribution is -0.133. The van der Waals surface area contributed by atoms with Crippen LogP contribution in [0.25, 0.3) is 11.4 Å². The van der Waals surface area contributed by atoms with Crippen LogP contribution >= 0.6 is 0 Å². The first-order valence-electron chi connectivity index (χ1n) is 9.61. The third-order valence-electron chi connectivity index (χ3n) is 4.44. The number of amides is 2. The van der Waals surface area contributed by atoms with Gasteiger partial charge in [-0.3, -0.25) is 9.59 Å². The van der Waals surface area contributed by atoms with Crippen molar-refractivity contribution >= 4 is 17.5 Å². The first-order valence-corrected chi connectivity index (χ1v) is 9.61. The van der Waals surface area contributed by atoms with Gasteiger partial charge in [0.05, 0.1) is 13.7 Å². The Hall–Kier alpha value is -3.68. The fraction of sp³-hybridized carbons (Fsp3) is 0.273. The predicted octanol–water partition coefficient (Wildman–Crippen LogP) is 3.17. The highest BCUT2D eigenvalue weighted by Crippen LogP contribution is 2.17. The average molecular weight is 408 g/mol. The van der Waals surface area contributed by atoms with Gasteiger partial charge in [0.15, 0.2) is 0 Å². The summed E-state index contributed by atoms with van der Waals surface area (Å²) in [6, 6.07) is 16.6. The molecule has 2 amide bonds. The summed E-state index contributed by atoms with van der Waals surface area (Å²) >= 11 is 0. The summed E-state index contributed by atoms with van der Waals surface area (Å²) < 4.78 is 10.4.